The first-order chi connectivity index (χ1) is 14.2. The smallest absolute Gasteiger partial charge is 0.196 e. The van der Waals surface area contributed by atoms with Gasteiger partial charge < -0.3 is 19.4 Å². The number of aromatic nitrogens is 4. The molecule has 0 unspecified atom stereocenters. The Balaban J connectivity index is 1.75. The predicted molar refractivity (Wildman–Crippen MR) is 105 cm³/mol. The average molecular weight is 416 g/mol. The number of fused-ring (bicyclic) bond motifs is 1. The Hall–Kier alpha value is -3.49. The number of aromatic amines is 1. The van der Waals surface area contributed by atoms with E-state index in [2.05, 4.69) is 15.2 Å². The van der Waals surface area contributed by atoms with Crippen molar-refractivity contribution in [3.63, 3.8) is 0 Å². The van der Waals surface area contributed by atoms with Crippen LogP contribution in [0.1, 0.15) is 26.6 Å². The molecule has 0 aliphatic rings. The Labute approximate surface area is 169 Å². The van der Waals surface area contributed by atoms with E-state index in [4.69, 9.17) is 4.74 Å². The van der Waals surface area contributed by atoms with E-state index >= 15 is 0 Å². The van der Waals surface area contributed by atoms with Crippen molar-refractivity contribution >= 4 is 10.8 Å². The Morgan fingerprint density at radius 2 is 1.80 bits per heavy atom. The summed E-state index contributed by atoms with van der Waals surface area (Å²) in [6.07, 6.45) is 1.68. The van der Waals surface area contributed by atoms with Crippen LogP contribution in [0.25, 0.3) is 22.2 Å². The summed E-state index contributed by atoms with van der Waals surface area (Å²) in [4.78, 5) is 2.75. The molecule has 30 heavy (non-hydrogen) atoms. The highest BCUT2D eigenvalue weighted by Crippen LogP contribution is 2.34. The largest absolute Gasteiger partial charge is 0.494 e. The first kappa shape index (κ1) is 19.8. The number of H-pyrrole nitrogens is 1. The van der Waals surface area contributed by atoms with E-state index < -0.39 is 28.8 Å². The third-order valence-corrected chi connectivity index (χ3v) is 4.86. The number of nitrogens with one attached hydrogen (secondary N) is 1. The van der Waals surface area contributed by atoms with Crippen molar-refractivity contribution < 1.29 is 23.0 Å². The van der Waals surface area contributed by atoms with Crippen LogP contribution in [0.2, 0.25) is 0 Å². The lowest BCUT2D eigenvalue weighted by molar-refractivity contribution is 0.0824. The van der Waals surface area contributed by atoms with Gasteiger partial charge in [-0.2, -0.15) is 0 Å². The van der Waals surface area contributed by atoms with Gasteiger partial charge in [-0.15, -0.1) is 10.2 Å². The molecule has 6 nitrogen and oxygen atoms in total. The van der Waals surface area contributed by atoms with Crippen LogP contribution >= 0.6 is 0 Å². The molecule has 0 spiro atoms. The Morgan fingerprint density at radius 3 is 2.47 bits per heavy atom. The molecule has 0 radical (unpaired) electrons. The van der Waals surface area contributed by atoms with E-state index in [1.54, 1.807) is 36.7 Å². The molecule has 2 aromatic heterocycles. The maximum Gasteiger partial charge on any atom is 0.196 e. The van der Waals surface area contributed by atoms with Crippen LogP contribution < -0.4 is 4.74 Å². The van der Waals surface area contributed by atoms with Gasteiger partial charge in [0.2, 0.25) is 0 Å². The van der Waals surface area contributed by atoms with Crippen LogP contribution in [-0.4, -0.2) is 24.9 Å². The Kier molecular flexibility index (Phi) is 4.68. The van der Waals surface area contributed by atoms with Crippen LogP contribution in [0.4, 0.5) is 13.2 Å². The number of hydrogen-bond acceptors (Lipinski definition) is 4. The number of halogens is 3. The predicted octanol–water partition coefficient (Wildman–Crippen LogP) is 4.88. The molecule has 0 fully saturated rings. The standard InChI is InChI=1S/C21H19F3N4O2/c1-4-28-18(11-5-6-14-12(7-11)10-25-19(14)29)26-27-20(28)21(2,3)30-17-15(23)8-13(22)9-16(17)24/h5-10,25,29H,4H2,1-3H3. The second-order valence-corrected chi connectivity index (χ2v) is 7.34. The van der Waals surface area contributed by atoms with E-state index in [-0.39, 0.29) is 5.88 Å². The molecule has 0 saturated heterocycles. The highest BCUT2D eigenvalue weighted by molar-refractivity contribution is 5.90. The zero-order chi connectivity index (χ0) is 21.6. The van der Waals surface area contributed by atoms with Gasteiger partial charge in [0.1, 0.15) is 5.82 Å². The SMILES string of the molecule is CCn1c(-c2ccc3c(O)[nH]cc3c2)nnc1C(C)(C)Oc1c(F)cc(F)cc1F. The number of rotatable bonds is 5. The number of nitrogens with zero attached hydrogens (tertiary/aromatic N) is 3. The molecular formula is C21H19F3N4O2. The molecule has 9 heteroatoms. The topological polar surface area (TPSA) is 76.0 Å². The summed E-state index contributed by atoms with van der Waals surface area (Å²) >= 11 is 0. The van der Waals surface area contributed by atoms with Gasteiger partial charge in [0.25, 0.3) is 0 Å². The molecule has 0 atom stereocenters. The Morgan fingerprint density at radius 1 is 1.10 bits per heavy atom. The van der Waals surface area contributed by atoms with Gasteiger partial charge >= 0.3 is 0 Å². The van der Waals surface area contributed by atoms with Crippen LogP contribution in [0.3, 0.4) is 0 Å². The fourth-order valence-electron chi connectivity index (χ4n) is 3.45. The van der Waals surface area contributed by atoms with Gasteiger partial charge in [-0.25, -0.2) is 13.2 Å². The lowest BCUT2D eigenvalue weighted by Gasteiger charge is -2.26. The average Bonchev–Trinajstić information content (AvgIpc) is 3.28. The molecule has 0 aliphatic carbocycles. The van der Waals surface area contributed by atoms with Crippen molar-refractivity contribution in [3.8, 4) is 23.0 Å². The van der Waals surface area contributed by atoms with Gasteiger partial charge in [0.05, 0.1) is 0 Å². The second-order valence-electron chi connectivity index (χ2n) is 7.34. The summed E-state index contributed by atoms with van der Waals surface area (Å²) in [7, 11) is 0. The maximum absolute atomic E-state index is 14.1. The van der Waals surface area contributed by atoms with Crippen molar-refractivity contribution in [1.82, 2.24) is 19.7 Å². The fraction of sp³-hybridized carbons (Fsp3) is 0.238. The highest BCUT2D eigenvalue weighted by Gasteiger charge is 2.33. The first-order valence-corrected chi connectivity index (χ1v) is 9.29. The van der Waals surface area contributed by atoms with Crippen LogP contribution in [0.5, 0.6) is 11.6 Å². The number of aromatic hydroxyl groups is 1. The van der Waals surface area contributed by atoms with Crippen molar-refractivity contribution in [3.05, 3.63) is 59.8 Å². The van der Waals surface area contributed by atoms with Gasteiger partial charge in [-0.05, 0) is 32.9 Å². The minimum Gasteiger partial charge on any atom is -0.494 e. The molecular weight excluding hydrogens is 397 g/mol. The summed E-state index contributed by atoms with van der Waals surface area (Å²) < 4.78 is 48.7. The van der Waals surface area contributed by atoms with Crippen molar-refractivity contribution in [2.45, 2.75) is 32.9 Å². The first-order valence-electron chi connectivity index (χ1n) is 9.29. The number of hydrogen-bond donors (Lipinski definition) is 2. The van der Waals surface area contributed by atoms with E-state index in [0.717, 1.165) is 10.9 Å². The summed E-state index contributed by atoms with van der Waals surface area (Å²) in [6, 6.07) is 6.52. The molecule has 156 valence electrons. The van der Waals surface area contributed by atoms with Crippen molar-refractivity contribution in [1.29, 1.82) is 0 Å². The van der Waals surface area contributed by atoms with Crippen molar-refractivity contribution in [2.24, 2.45) is 0 Å². The van der Waals surface area contributed by atoms with E-state index in [0.29, 0.717) is 35.7 Å². The van der Waals surface area contributed by atoms with E-state index in [1.807, 2.05) is 13.0 Å². The zero-order valence-electron chi connectivity index (χ0n) is 16.5. The molecule has 2 aromatic carbocycles. The lowest BCUT2D eigenvalue weighted by Crippen LogP contribution is -2.30. The molecule has 4 rings (SSSR count). The molecule has 0 aliphatic heterocycles. The summed E-state index contributed by atoms with van der Waals surface area (Å²) in [6.45, 7) is 5.55. The van der Waals surface area contributed by atoms with Crippen LogP contribution in [-0.2, 0) is 12.1 Å². The quantitative estimate of drug-likeness (QED) is 0.486. The van der Waals surface area contributed by atoms with Gasteiger partial charge in [-0.1, -0.05) is 6.07 Å². The highest BCUT2D eigenvalue weighted by atomic mass is 19.1. The normalized spacial score (nSPS) is 11.9. The van der Waals surface area contributed by atoms with Gasteiger partial charge in [0, 0.05) is 41.2 Å². The monoisotopic (exact) mass is 416 g/mol. The summed E-state index contributed by atoms with van der Waals surface area (Å²) in [5, 5.41) is 19.7. The lowest BCUT2D eigenvalue weighted by atomic mass is 10.1. The minimum absolute atomic E-state index is 0.0760. The zero-order valence-corrected chi connectivity index (χ0v) is 16.5. The van der Waals surface area contributed by atoms with Gasteiger partial charge in [-0.3, -0.25) is 0 Å². The maximum atomic E-state index is 14.1. The summed E-state index contributed by atoms with van der Waals surface area (Å²) in [5.41, 5.74) is -0.519. The molecule has 2 N–H and O–H groups in total. The van der Waals surface area contributed by atoms with Crippen LogP contribution in [0, 0.1) is 17.5 Å². The molecule has 0 saturated carbocycles. The molecule has 0 amide bonds. The molecule has 2 heterocycles. The molecule has 0 bridgehead atoms. The van der Waals surface area contributed by atoms with E-state index in [9.17, 15) is 18.3 Å². The minimum atomic E-state index is -1.27. The third kappa shape index (κ3) is 3.26. The molecule has 4 aromatic rings. The number of ether oxygens (including phenoxy) is 1. The Bertz CT molecular complexity index is 1220. The second kappa shape index (κ2) is 7.08. The number of benzene rings is 2. The summed E-state index contributed by atoms with van der Waals surface area (Å²) in [5.74, 6) is -3.03. The fourth-order valence-corrected chi connectivity index (χ4v) is 3.45. The van der Waals surface area contributed by atoms with Crippen molar-refractivity contribution in [2.75, 3.05) is 0 Å². The van der Waals surface area contributed by atoms with E-state index in [1.165, 1.54) is 0 Å². The third-order valence-electron chi connectivity index (χ3n) is 4.86. The van der Waals surface area contributed by atoms with Gasteiger partial charge in [0.15, 0.2) is 40.5 Å². The van der Waals surface area contributed by atoms with Crippen LogP contribution in [0.15, 0.2) is 36.5 Å².